The highest BCUT2D eigenvalue weighted by molar-refractivity contribution is 9.10. The Balaban J connectivity index is 2.57. The predicted molar refractivity (Wildman–Crippen MR) is 96.8 cm³/mol. The van der Waals surface area contributed by atoms with Gasteiger partial charge in [0.05, 0.1) is 0 Å². The highest BCUT2D eigenvalue weighted by atomic mass is 79.9. The van der Waals surface area contributed by atoms with E-state index in [1.807, 2.05) is 0 Å². The summed E-state index contributed by atoms with van der Waals surface area (Å²) in [6.45, 7) is 10.3. The van der Waals surface area contributed by atoms with Crippen molar-refractivity contribution in [1.29, 1.82) is 0 Å². The minimum absolute atomic E-state index is 0.228. The Kier molecular flexibility index (Phi) is 5.45. The van der Waals surface area contributed by atoms with Crippen molar-refractivity contribution >= 4 is 26.7 Å². The molecule has 0 saturated heterocycles. The van der Waals surface area contributed by atoms with Gasteiger partial charge in [0.25, 0.3) is 0 Å². The zero-order valence-electron chi connectivity index (χ0n) is 13.5. The van der Waals surface area contributed by atoms with Crippen molar-refractivity contribution in [2.24, 2.45) is 5.41 Å². The lowest BCUT2D eigenvalue weighted by molar-refractivity contribution is 0.236. The summed E-state index contributed by atoms with van der Waals surface area (Å²) >= 11 is 3.68. The van der Waals surface area contributed by atoms with Crippen LogP contribution in [0, 0.1) is 5.41 Å². The van der Waals surface area contributed by atoms with E-state index in [9.17, 15) is 0 Å². The Morgan fingerprint density at radius 1 is 1.05 bits per heavy atom. The van der Waals surface area contributed by atoms with Crippen LogP contribution in [-0.2, 0) is 0 Å². The van der Waals surface area contributed by atoms with Gasteiger partial charge in [0.2, 0.25) is 0 Å². The quantitative estimate of drug-likeness (QED) is 0.667. The molecule has 2 rings (SSSR count). The topological polar surface area (TPSA) is 12.0 Å². The van der Waals surface area contributed by atoms with E-state index in [0.717, 1.165) is 19.4 Å². The van der Waals surface area contributed by atoms with Crippen molar-refractivity contribution in [2.45, 2.75) is 46.6 Å². The molecule has 0 spiro atoms. The van der Waals surface area contributed by atoms with E-state index >= 15 is 0 Å². The first-order valence-electron chi connectivity index (χ1n) is 7.91. The molecule has 2 aromatic rings. The summed E-state index contributed by atoms with van der Waals surface area (Å²) in [7, 11) is 0. The Labute approximate surface area is 137 Å². The minimum atomic E-state index is 0.228. The van der Waals surface area contributed by atoms with Gasteiger partial charge >= 0.3 is 0 Å². The number of hydrogen-bond donors (Lipinski definition) is 1. The summed E-state index contributed by atoms with van der Waals surface area (Å²) in [5, 5.41) is 6.42. The van der Waals surface area contributed by atoms with Gasteiger partial charge in [-0.1, -0.05) is 74.0 Å². The van der Waals surface area contributed by atoms with Gasteiger partial charge in [-0.05, 0) is 47.2 Å². The van der Waals surface area contributed by atoms with Crippen molar-refractivity contribution in [1.82, 2.24) is 5.32 Å². The fraction of sp³-hybridized carbons (Fsp3) is 0.474. The molecule has 0 aliphatic rings. The summed E-state index contributed by atoms with van der Waals surface area (Å²) in [4.78, 5) is 0. The second-order valence-corrected chi connectivity index (χ2v) is 7.27. The van der Waals surface area contributed by atoms with Gasteiger partial charge < -0.3 is 5.32 Å². The Bertz CT molecular complexity index is 604. The van der Waals surface area contributed by atoms with Crippen LogP contribution in [0.1, 0.15) is 52.1 Å². The summed E-state index contributed by atoms with van der Waals surface area (Å²) in [5.74, 6) is 0. The smallest absolute Gasteiger partial charge is 0.0377 e. The Morgan fingerprint density at radius 2 is 1.71 bits per heavy atom. The Morgan fingerprint density at radius 3 is 2.33 bits per heavy atom. The molecule has 0 saturated carbocycles. The molecule has 0 aliphatic carbocycles. The molecule has 1 nitrogen and oxygen atoms in total. The monoisotopic (exact) mass is 347 g/mol. The van der Waals surface area contributed by atoms with Crippen LogP contribution in [-0.4, -0.2) is 6.54 Å². The lowest BCUT2D eigenvalue weighted by Crippen LogP contribution is -2.34. The van der Waals surface area contributed by atoms with Gasteiger partial charge in [-0.2, -0.15) is 0 Å². The zero-order valence-corrected chi connectivity index (χ0v) is 15.1. The first kappa shape index (κ1) is 16.5. The molecular formula is C19H26BrN. The van der Waals surface area contributed by atoms with Gasteiger partial charge in [0.15, 0.2) is 0 Å². The standard InChI is InChI=1S/C19H26BrN/c1-5-13-21-18(19(3,4)6-2)16-11-12-17(20)15-10-8-7-9-14(15)16/h7-12,18,21H,5-6,13H2,1-4H3. The van der Waals surface area contributed by atoms with Crippen LogP contribution in [0.4, 0.5) is 0 Å². The maximum Gasteiger partial charge on any atom is 0.0377 e. The molecule has 0 bridgehead atoms. The molecule has 0 heterocycles. The van der Waals surface area contributed by atoms with Crippen molar-refractivity contribution in [3.8, 4) is 0 Å². The van der Waals surface area contributed by atoms with E-state index in [0.29, 0.717) is 6.04 Å². The second-order valence-electron chi connectivity index (χ2n) is 6.41. The summed E-state index contributed by atoms with van der Waals surface area (Å²) < 4.78 is 1.17. The molecule has 21 heavy (non-hydrogen) atoms. The summed E-state index contributed by atoms with van der Waals surface area (Å²) in [6, 6.07) is 13.5. The fourth-order valence-electron chi connectivity index (χ4n) is 2.84. The van der Waals surface area contributed by atoms with Crippen LogP contribution in [0.25, 0.3) is 10.8 Å². The number of rotatable bonds is 6. The van der Waals surface area contributed by atoms with Gasteiger partial charge in [0.1, 0.15) is 0 Å². The van der Waals surface area contributed by atoms with E-state index in [2.05, 4.69) is 85.3 Å². The van der Waals surface area contributed by atoms with Crippen molar-refractivity contribution in [2.75, 3.05) is 6.54 Å². The van der Waals surface area contributed by atoms with Gasteiger partial charge in [0, 0.05) is 10.5 Å². The summed E-state index contributed by atoms with van der Waals surface area (Å²) in [5.41, 5.74) is 1.64. The van der Waals surface area contributed by atoms with E-state index < -0.39 is 0 Å². The van der Waals surface area contributed by atoms with Crippen molar-refractivity contribution < 1.29 is 0 Å². The van der Waals surface area contributed by atoms with Crippen LogP contribution in [0.15, 0.2) is 40.9 Å². The fourth-order valence-corrected chi connectivity index (χ4v) is 3.32. The highest BCUT2D eigenvalue weighted by Gasteiger charge is 2.29. The third-order valence-corrected chi connectivity index (χ3v) is 5.20. The maximum absolute atomic E-state index is 3.77. The minimum Gasteiger partial charge on any atom is -0.309 e. The number of halogens is 1. The van der Waals surface area contributed by atoms with Crippen molar-refractivity contribution in [3.05, 3.63) is 46.4 Å². The van der Waals surface area contributed by atoms with E-state index in [4.69, 9.17) is 0 Å². The molecule has 2 heteroatoms. The molecule has 0 aromatic heterocycles. The third-order valence-electron chi connectivity index (χ3n) is 4.51. The van der Waals surface area contributed by atoms with Crippen LogP contribution < -0.4 is 5.32 Å². The molecular weight excluding hydrogens is 322 g/mol. The number of fused-ring (bicyclic) bond motifs is 1. The first-order chi connectivity index (χ1) is 10.0. The number of nitrogens with one attached hydrogen (secondary N) is 1. The van der Waals surface area contributed by atoms with Gasteiger partial charge in [-0.15, -0.1) is 0 Å². The lowest BCUT2D eigenvalue weighted by Gasteiger charge is -2.35. The molecule has 1 N–H and O–H groups in total. The van der Waals surface area contributed by atoms with E-state index in [-0.39, 0.29) is 5.41 Å². The summed E-state index contributed by atoms with van der Waals surface area (Å²) in [6.07, 6.45) is 2.31. The number of benzene rings is 2. The first-order valence-corrected chi connectivity index (χ1v) is 8.71. The molecule has 0 radical (unpaired) electrons. The molecule has 0 amide bonds. The second kappa shape index (κ2) is 6.93. The van der Waals surface area contributed by atoms with Crippen molar-refractivity contribution in [3.63, 3.8) is 0 Å². The van der Waals surface area contributed by atoms with Crippen LogP contribution >= 0.6 is 15.9 Å². The highest BCUT2D eigenvalue weighted by Crippen LogP contribution is 2.40. The third kappa shape index (κ3) is 3.49. The number of hydrogen-bond acceptors (Lipinski definition) is 1. The van der Waals surface area contributed by atoms with Crippen LogP contribution in [0.2, 0.25) is 0 Å². The molecule has 114 valence electrons. The molecule has 0 aliphatic heterocycles. The average molecular weight is 348 g/mol. The SMILES string of the molecule is CCCNC(c1ccc(Br)c2ccccc12)C(C)(C)CC. The largest absolute Gasteiger partial charge is 0.309 e. The normalized spacial score (nSPS) is 13.6. The molecule has 1 unspecified atom stereocenters. The van der Waals surface area contributed by atoms with E-state index in [1.54, 1.807) is 0 Å². The molecule has 1 atom stereocenters. The van der Waals surface area contributed by atoms with E-state index in [1.165, 1.54) is 20.8 Å². The molecule has 0 fully saturated rings. The van der Waals surface area contributed by atoms with Crippen LogP contribution in [0.3, 0.4) is 0 Å². The van der Waals surface area contributed by atoms with Crippen LogP contribution in [0.5, 0.6) is 0 Å². The average Bonchev–Trinajstić information content (AvgIpc) is 2.49. The van der Waals surface area contributed by atoms with Gasteiger partial charge in [-0.25, -0.2) is 0 Å². The van der Waals surface area contributed by atoms with Gasteiger partial charge in [-0.3, -0.25) is 0 Å². The predicted octanol–water partition coefficient (Wildman–Crippen LogP) is 6.08. The zero-order chi connectivity index (χ0) is 15.5. The Hall–Kier alpha value is -0.860. The maximum atomic E-state index is 3.77. The lowest BCUT2D eigenvalue weighted by atomic mass is 9.77. The molecule has 2 aromatic carbocycles.